The summed E-state index contributed by atoms with van der Waals surface area (Å²) in [6.45, 7) is 3.66. The Bertz CT molecular complexity index is 498. The lowest BCUT2D eigenvalue weighted by Crippen LogP contribution is -2.41. The zero-order chi connectivity index (χ0) is 14.5. The molecule has 106 valence electrons. The average Bonchev–Trinajstić information content (AvgIpc) is 2.47. The predicted molar refractivity (Wildman–Crippen MR) is 74.2 cm³/mol. The van der Waals surface area contributed by atoms with Crippen molar-refractivity contribution < 1.29 is 9.18 Å². The van der Waals surface area contributed by atoms with Crippen molar-refractivity contribution in [1.82, 2.24) is 4.90 Å². The maximum Gasteiger partial charge on any atom is 0.240 e. The number of nitrogens with zero attached hydrogens (tertiary/aromatic N) is 2. The summed E-state index contributed by atoms with van der Waals surface area (Å²) in [4.78, 5) is 14.1. The standard InChI is InChI=1S/C16H19FN2O/c1-12-6-8-19(9-7-12)16(20)14(11-18)10-13-2-4-15(17)5-3-13/h2-5,12,14H,6-10H2,1H3. The molecule has 1 aromatic carbocycles. The third-order valence-electron chi connectivity index (χ3n) is 3.90. The van der Waals surface area contributed by atoms with Crippen LogP contribution in [0.15, 0.2) is 24.3 Å². The van der Waals surface area contributed by atoms with Gasteiger partial charge in [0.25, 0.3) is 0 Å². The minimum atomic E-state index is -0.672. The highest BCUT2D eigenvalue weighted by Crippen LogP contribution is 2.19. The molecule has 0 N–H and O–H groups in total. The molecule has 20 heavy (non-hydrogen) atoms. The van der Waals surface area contributed by atoms with E-state index in [9.17, 15) is 14.4 Å². The molecule has 1 heterocycles. The second-order valence-corrected chi connectivity index (χ2v) is 5.52. The van der Waals surface area contributed by atoms with Crippen LogP contribution < -0.4 is 0 Å². The Morgan fingerprint density at radius 3 is 2.55 bits per heavy atom. The fraction of sp³-hybridized carbons (Fsp3) is 0.500. The molecule has 0 radical (unpaired) electrons. The molecule has 1 fully saturated rings. The first-order valence-electron chi connectivity index (χ1n) is 7.03. The normalized spacial score (nSPS) is 17.6. The molecule has 0 aliphatic carbocycles. The zero-order valence-electron chi connectivity index (χ0n) is 11.7. The first kappa shape index (κ1) is 14.5. The van der Waals surface area contributed by atoms with Gasteiger partial charge in [0, 0.05) is 13.1 Å². The van der Waals surface area contributed by atoms with Crippen LogP contribution in [-0.4, -0.2) is 23.9 Å². The second kappa shape index (κ2) is 6.51. The number of hydrogen-bond donors (Lipinski definition) is 0. The van der Waals surface area contributed by atoms with E-state index in [1.807, 2.05) is 0 Å². The van der Waals surface area contributed by atoms with Gasteiger partial charge in [-0.3, -0.25) is 4.79 Å². The summed E-state index contributed by atoms with van der Waals surface area (Å²) in [6, 6.07) is 8.06. The van der Waals surface area contributed by atoms with Crippen LogP contribution in [0.25, 0.3) is 0 Å². The van der Waals surface area contributed by atoms with Gasteiger partial charge in [-0.1, -0.05) is 19.1 Å². The Balaban J connectivity index is 1.99. The number of benzene rings is 1. The molecule has 1 aromatic rings. The molecule has 1 aliphatic heterocycles. The van der Waals surface area contributed by atoms with Crippen LogP contribution in [0, 0.1) is 29.0 Å². The minimum Gasteiger partial charge on any atom is -0.342 e. The van der Waals surface area contributed by atoms with Crippen molar-refractivity contribution in [3.8, 4) is 6.07 Å². The summed E-state index contributed by atoms with van der Waals surface area (Å²) in [7, 11) is 0. The van der Waals surface area contributed by atoms with Crippen LogP contribution >= 0.6 is 0 Å². The summed E-state index contributed by atoms with van der Waals surface area (Å²) in [6.07, 6.45) is 2.35. The zero-order valence-corrected chi connectivity index (χ0v) is 11.7. The van der Waals surface area contributed by atoms with Crippen molar-refractivity contribution in [1.29, 1.82) is 5.26 Å². The molecule has 4 heteroatoms. The molecule has 0 spiro atoms. The van der Waals surface area contributed by atoms with E-state index in [0.29, 0.717) is 12.3 Å². The van der Waals surface area contributed by atoms with Gasteiger partial charge in [0.1, 0.15) is 11.7 Å². The van der Waals surface area contributed by atoms with Crippen molar-refractivity contribution in [3.63, 3.8) is 0 Å². The third kappa shape index (κ3) is 3.57. The Labute approximate surface area is 119 Å². The smallest absolute Gasteiger partial charge is 0.240 e. The van der Waals surface area contributed by atoms with Gasteiger partial charge in [0.05, 0.1) is 6.07 Å². The van der Waals surface area contributed by atoms with E-state index in [1.165, 1.54) is 12.1 Å². The average molecular weight is 274 g/mol. The lowest BCUT2D eigenvalue weighted by Gasteiger charge is -2.31. The summed E-state index contributed by atoms with van der Waals surface area (Å²) in [5.41, 5.74) is 0.816. The first-order chi connectivity index (χ1) is 9.60. The first-order valence-corrected chi connectivity index (χ1v) is 7.03. The number of carbonyl (C=O) groups excluding carboxylic acids is 1. The van der Waals surface area contributed by atoms with Crippen LogP contribution in [0.5, 0.6) is 0 Å². The highest BCUT2D eigenvalue weighted by molar-refractivity contribution is 5.81. The lowest BCUT2D eigenvalue weighted by atomic mass is 9.95. The van der Waals surface area contributed by atoms with Gasteiger partial charge in [0.15, 0.2) is 0 Å². The summed E-state index contributed by atoms with van der Waals surface area (Å²) in [5.74, 6) is -0.423. The molecule has 0 bridgehead atoms. The van der Waals surface area contributed by atoms with Crippen molar-refractivity contribution in [2.75, 3.05) is 13.1 Å². The van der Waals surface area contributed by atoms with Crippen molar-refractivity contribution in [2.24, 2.45) is 11.8 Å². The van der Waals surface area contributed by atoms with Crippen molar-refractivity contribution in [2.45, 2.75) is 26.2 Å². The van der Waals surface area contributed by atoms with Gasteiger partial charge < -0.3 is 4.90 Å². The van der Waals surface area contributed by atoms with E-state index in [2.05, 4.69) is 13.0 Å². The molecule has 1 atom stereocenters. The quantitative estimate of drug-likeness (QED) is 0.850. The Morgan fingerprint density at radius 2 is 2.00 bits per heavy atom. The van der Waals surface area contributed by atoms with E-state index in [1.54, 1.807) is 17.0 Å². The van der Waals surface area contributed by atoms with E-state index in [4.69, 9.17) is 0 Å². The lowest BCUT2D eigenvalue weighted by molar-refractivity contribution is -0.135. The Kier molecular flexibility index (Phi) is 4.73. The van der Waals surface area contributed by atoms with Gasteiger partial charge in [-0.25, -0.2) is 4.39 Å². The third-order valence-corrected chi connectivity index (χ3v) is 3.90. The molecule has 2 rings (SSSR count). The number of hydrogen-bond acceptors (Lipinski definition) is 2. The van der Waals surface area contributed by atoms with Crippen molar-refractivity contribution in [3.05, 3.63) is 35.6 Å². The molecule has 1 saturated heterocycles. The topological polar surface area (TPSA) is 44.1 Å². The van der Waals surface area contributed by atoms with E-state index in [0.717, 1.165) is 31.5 Å². The Hall–Kier alpha value is -1.89. The molecule has 1 aliphatic rings. The molecule has 1 amide bonds. The molecular weight excluding hydrogens is 255 g/mol. The predicted octanol–water partition coefficient (Wildman–Crippen LogP) is 2.77. The van der Waals surface area contributed by atoms with E-state index >= 15 is 0 Å². The van der Waals surface area contributed by atoms with Crippen LogP contribution in [0.4, 0.5) is 4.39 Å². The van der Waals surface area contributed by atoms with Crippen LogP contribution in [0.1, 0.15) is 25.3 Å². The van der Waals surface area contributed by atoms with E-state index in [-0.39, 0.29) is 11.7 Å². The van der Waals surface area contributed by atoms with Gasteiger partial charge >= 0.3 is 0 Å². The Morgan fingerprint density at radius 1 is 1.40 bits per heavy atom. The number of likely N-dealkylation sites (tertiary alicyclic amines) is 1. The molecule has 0 aromatic heterocycles. The molecule has 3 nitrogen and oxygen atoms in total. The van der Waals surface area contributed by atoms with Crippen LogP contribution in [0.2, 0.25) is 0 Å². The largest absolute Gasteiger partial charge is 0.342 e. The number of carbonyl (C=O) groups is 1. The van der Waals surface area contributed by atoms with Crippen LogP contribution in [-0.2, 0) is 11.2 Å². The highest BCUT2D eigenvalue weighted by Gasteiger charge is 2.27. The molecule has 1 unspecified atom stereocenters. The van der Waals surface area contributed by atoms with Gasteiger partial charge in [-0.15, -0.1) is 0 Å². The maximum absolute atomic E-state index is 12.9. The molecule has 0 saturated carbocycles. The number of halogens is 1. The van der Waals surface area contributed by atoms with Crippen molar-refractivity contribution >= 4 is 5.91 Å². The molecular formula is C16H19FN2O. The van der Waals surface area contributed by atoms with E-state index < -0.39 is 5.92 Å². The summed E-state index contributed by atoms with van der Waals surface area (Å²) < 4.78 is 12.9. The van der Waals surface area contributed by atoms with Gasteiger partial charge in [0.2, 0.25) is 5.91 Å². The van der Waals surface area contributed by atoms with Gasteiger partial charge in [-0.2, -0.15) is 5.26 Å². The second-order valence-electron chi connectivity index (χ2n) is 5.52. The monoisotopic (exact) mass is 274 g/mol. The fourth-order valence-electron chi connectivity index (χ4n) is 2.49. The highest BCUT2D eigenvalue weighted by atomic mass is 19.1. The summed E-state index contributed by atoms with van der Waals surface area (Å²) in [5, 5.41) is 9.22. The number of piperidine rings is 1. The number of rotatable bonds is 3. The summed E-state index contributed by atoms with van der Waals surface area (Å²) >= 11 is 0. The minimum absolute atomic E-state index is 0.0938. The van der Waals surface area contributed by atoms with Crippen LogP contribution in [0.3, 0.4) is 0 Å². The number of amides is 1. The number of nitriles is 1. The SMILES string of the molecule is CC1CCN(C(=O)C(C#N)Cc2ccc(F)cc2)CC1. The fourth-order valence-corrected chi connectivity index (χ4v) is 2.49. The maximum atomic E-state index is 12.9. The van der Waals surface area contributed by atoms with Gasteiger partial charge in [-0.05, 0) is 42.9 Å².